The molecule has 2 N–H and O–H groups in total. The lowest BCUT2D eigenvalue weighted by Gasteiger charge is -2.39. The van der Waals surface area contributed by atoms with Crippen LogP contribution in [0.15, 0.2) is 79.9 Å². The molecule has 2 aromatic carbocycles. The zero-order chi connectivity index (χ0) is 35.3. The smallest absolute Gasteiger partial charge is 0.306 e. The van der Waals surface area contributed by atoms with Crippen molar-refractivity contribution in [3.05, 3.63) is 90.5 Å². The third-order valence-corrected chi connectivity index (χ3v) is 10.1. The Labute approximate surface area is 293 Å². The highest BCUT2D eigenvalue weighted by Crippen LogP contribution is 2.59. The van der Waals surface area contributed by atoms with E-state index in [0.717, 1.165) is 5.56 Å². The van der Waals surface area contributed by atoms with Crippen molar-refractivity contribution in [2.45, 2.75) is 75.8 Å². The second-order valence-electron chi connectivity index (χ2n) is 13.5. The molecule has 3 saturated heterocycles. The predicted molar refractivity (Wildman–Crippen MR) is 186 cm³/mol. The number of nitrogens with zero attached hydrogens (tertiary/aromatic N) is 2. The van der Waals surface area contributed by atoms with Crippen molar-refractivity contribution in [2.24, 2.45) is 17.8 Å². The van der Waals surface area contributed by atoms with Gasteiger partial charge in [-0.25, -0.2) is 0 Å². The van der Waals surface area contributed by atoms with Gasteiger partial charge in [-0.05, 0) is 61.4 Å². The molecule has 5 rings (SSSR count). The van der Waals surface area contributed by atoms with Crippen LogP contribution in [0.2, 0.25) is 5.02 Å². The molecule has 2 aromatic rings. The van der Waals surface area contributed by atoms with Gasteiger partial charge in [0.2, 0.25) is 11.8 Å². The summed E-state index contributed by atoms with van der Waals surface area (Å²) in [5, 5.41) is 14.2. The molecule has 3 aliphatic heterocycles. The van der Waals surface area contributed by atoms with Gasteiger partial charge in [0.15, 0.2) is 0 Å². The maximum atomic E-state index is 14.8. The number of benzene rings is 2. The van der Waals surface area contributed by atoms with Gasteiger partial charge in [-0.3, -0.25) is 19.2 Å². The zero-order valence-electron chi connectivity index (χ0n) is 28.1. The number of hydrogen-bond acceptors (Lipinski definition) is 7. The van der Waals surface area contributed by atoms with Crippen LogP contribution >= 0.6 is 11.6 Å². The summed E-state index contributed by atoms with van der Waals surface area (Å²) in [5.74, 6) is -3.34. The Balaban J connectivity index is 1.50. The van der Waals surface area contributed by atoms with Crippen LogP contribution in [-0.2, 0) is 28.7 Å². The summed E-state index contributed by atoms with van der Waals surface area (Å²) in [6, 6.07) is 13.6. The van der Waals surface area contributed by atoms with E-state index in [9.17, 15) is 24.3 Å². The molecular formula is C38H46ClN3O7. The first-order chi connectivity index (χ1) is 23.6. The number of esters is 1. The molecular weight excluding hydrogens is 646 g/mol. The molecule has 10 nitrogen and oxygen atoms in total. The lowest BCUT2D eigenvalue weighted by atomic mass is 9.70. The van der Waals surface area contributed by atoms with Crippen molar-refractivity contribution in [1.29, 1.82) is 0 Å². The summed E-state index contributed by atoms with van der Waals surface area (Å²) in [6.45, 7) is 11.2. The molecule has 0 aromatic heterocycles. The van der Waals surface area contributed by atoms with Gasteiger partial charge < -0.3 is 29.7 Å². The van der Waals surface area contributed by atoms with Crippen LogP contribution in [0.5, 0.6) is 0 Å². The van der Waals surface area contributed by atoms with E-state index in [0.29, 0.717) is 36.4 Å². The minimum atomic E-state index is -1.28. The fraction of sp³-hybridized carbons (Fsp3) is 0.474. The molecule has 0 unspecified atom stereocenters. The topological polar surface area (TPSA) is 125 Å². The van der Waals surface area contributed by atoms with E-state index in [2.05, 4.69) is 18.5 Å². The van der Waals surface area contributed by atoms with E-state index < -0.39 is 53.5 Å². The standard InChI is InChI=1S/C38H46ClN3O7/c1-5-7-13-31(44)48-23-29(25-11-9-8-10-12-25)40-35(45)32-30-18-19-38(49-30)33(32)36(46)42(28(22-43)21-24(3)4)34(38)37(47)41(20-6-2)27-16-14-26(39)15-17-27/h5-6,8-12,14-17,24,28-30,32-34,43H,1-2,7,13,18-23H2,3-4H3,(H,40,45)/t28-,29+,30-,32+,33+,34-,38+/m1/s1. The molecule has 0 radical (unpaired) electrons. The van der Waals surface area contributed by atoms with Crippen molar-refractivity contribution >= 4 is 41.0 Å². The van der Waals surface area contributed by atoms with Gasteiger partial charge in [-0.2, -0.15) is 0 Å². The molecule has 3 fully saturated rings. The second-order valence-corrected chi connectivity index (χ2v) is 13.9. The Morgan fingerprint density at radius 3 is 2.49 bits per heavy atom. The number of hydrogen-bond donors (Lipinski definition) is 2. The first-order valence-corrected chi connectivity index (χ1v) is 17.3. The van der Waals surface area contributed by atoms with Gasteiger partial charge in [0, 0.05) is 23.7 Å². The van der Waals surface area contributed by atoms with Gasteiger partial charge >= 0.3 is 5.97 Å². The fourth-order valence-electron chi connectivity index (χ4n) is 7.75. The Morgan fingerprint density at radius 1 is 1.14 bits per heavy atom. The number of fused-ring (bicyclic) bond motifs is 1. The Kier molecular flexibility index (Phi) is 11.6. The maximum Gasteiger partial charge on any atom is 0.306 e. The molecule has 3 heterocycles. The van der Waals surface area contributed by atoms with Gasteiger partial charge in [0.05, 0.1) is 36.6 Å². The molecule has 0 saturated carbocycles. The summed E-state index contributed by atoms with van der Waals surface area (Å²) in [7, 11) is 0. The SMILES string of the molecule is C=CCCC(=O)OC[C@H](NC(=O)[C@@H]1[C@H]2C(=O)N([C@@H](CO)CC(C)C)[C@H](C(=O)N(CC=C)c3ccc(Cl)cc3)[C@]23CC[C@H]1O3)c1ccccc1. The maximum absolute atomic E-state index is 14.8. The number of aliphatic hydroxyl groups is 1. The summed E-state index contributed by atoms with van der Waals surface area (Å²) in [6.07, 6.45) is 4.61. The number of halogens is 1. The van der Waals surface area contributed by atoms with Crippen molar-refractivity contribution in [3.8, 4) is 0 Å². The van der Waals surface area contributed by atoms with Crippen molar-refractivity contribution in [3.63, 3.8) is 0 Å². The molecule has 2 bridgehead atoms. The number of nitrogens with one attached hydrogen (secondary N) is 1. The molecule has 3 amide bonds. The van der Waals surface area contributed by atoms with E-state index >= 15 is 0 Å². The third-order valence-electron chi connectivity index (χ3n) is 9.82. The molecule has 7 atom stereocenters. The Bertz CT molecular complexity index is 1530. The number of likely N-dealkylation sites (tertiary alicyclic amines) is 1. The number of allylic oxidation sites excluding steroid dienone is 1. The Morgan fingerprint density at radius 2 is 1.86 bits per heavy atom. The predicted octanol–water partition coefficient (Wildman–Crippen LogP) is 5.01. The third kappa shape index (κ3) is 7.32. The number of carbonyl (C=O) groups excluding carboxylic acids is 4. The second kappa shape index (κ2) is 15.7. The highest BCUT2D eigenvalue weighted by molar-refractivity contribution is 6.30. The quantitative estimate of drug-likeness (QED) is 0.187. The van der Waals surface area contributed by atoms with Crippen LogP contribution in [0.4, 0.5) is 5.69 Å². The van der Waals surface area contributed by atoms with Crippen LogP contribution in [0, 0.1) is 17.8 Å². The first kappa shape index (κ1) is 36.3. The number of anilines is 1. The van der Waals surface area contributed by atoms with Crippen LogP contribution < -0.4 is 10.2 Å². The summed E-state index contributed by atoms with van der Waals surface area (Å²) in [5.41, 5.74) is 0.0243. The summed E-state index contributed by atoms with van der Waals surface area (Å²) < 4.78 is 12.2. The van der Waals surface area contributed by atoms with Crippen LogP contribution in [0.25, 0.3) is 0 Å². The molecule has 3 aliphatic rings. The Hall–Kier alpha value is -3.99. The fourth-order valence-corrected chi connectivity index (χ4v) is 7.87. The minimum Gasteiger partial charge on any atom is -0.463 e. The van der Waals surface area contributed by atoms with Crippen LogP contribution in [-0.4, -0.2) is 77.2 Å². The van der Waals surface area contributed by atoms with Gasteiger partial charge in [-0.15, -0.1) is 13.2 Å². The van der Waals surface area contributed by atoms with E-state index in [1.807, 2.05) is 44.2 Å². The molecule has 49 heavy (non-hydrogen) atoms. The monoisotopic (exact) mass is 691 g/mol. The normalized spacial score (nSPS) is 25.1. The molecule has 262 valence electrons. The van der Waals surface area contributed by atoms with E-state index in [1.54, 1.807) is 41.3 Å². The van der Waals surface area contributed by atoms with Gasteiger partial charge in [0.25, 0.3) is 5.91 Å². The van der Waals surface area contributed by atoms with Crippen molar-refractivity contribution in [2.75, 3.05) is 24.7 Å². The first-order valence-electron chi connectivity index (χ1n) is 17.0. The average Bonchev–Trinajstić information content (AvgIpc) is 3.74. The minimum absolute atomic E-state index is 0.0977. The number of rotatable bonds is 16. The van der Waals surface area contributed by atoms with E-state index in [1.165, 1.54) is 4.90 Å². The van der Waals surface area contributed by atoms with Crippen LogP contribution in [0.3, 0.4) is 0 Å². The molecule has 1 spiro atoms. The van der Waals surface area contributed by atoms with E-state index in [-0.39, 0.29) is 43.9 Å². The molecule has 0 aliphatic carbocycles. The lowest BCUT2D eigenvalue weighted by Crippen LogP contribution is -2.59. The van der Waals surface area contributed by atoms with Crippen LogP contribution in [0.1, 0.15) is 57.6 Å². The van der Waals surface area contributed by atoms with Gasteiger partial charge in [-0.1, -0.05) is 67.9 Å². The van der Waals surface area contributed by atoms with E-state index in [4.69, 9.17) is 21.1 Å². The molecule has 11 heteroatoms. The van der Waals surface area contributed by atoms with Crippen molar-refractivity contribution in [1.82, 2.24) is 10.2 Å². The number of ether oxygens (including phenoxy) is 2. The van der Waals surface area contributed by atoms with Gasteiger partial charge in [0.1, 0.15) is 18.2 Å². The van der Waals surface area contributed by atoms with Crippen molar-refractivity contribution < 1.29 is 33.8 Å². The highest BCUT2D eigenvalue weighted by Gasteiger charge is 2.75. The largest absolute Gasteiger partial charge is 0.463 e. The highest BCUT2D eigenvalue weighted by atomic mass is 35.5. The lowest BCUT2D eigenvalue weighted by molar-refractivity contribution is -0.146. The number of aliphatic hydroxyl groups excluding tert-OH is 1. The summed E-state index contributed by atoms with van der Waals surface area (Å²) in [4.78, 5) is 59.2. The number of amides is 3. The zero-order valence-corrected chi connectivity index (χ0v) is 28.9. The average molecular weight is 692 g/mol. The summed E-state index contributed by atoms with van der Waals surface area (Å²) >= 11 is 6.16. The number of carbonyl (C=O) groups is 4.